The van der Waals surface area contributed by atoms with Crippen LogP contribution in [-0.4, -0.2) is 28.6 Å². The summed E-state index contributed by atoms with van der Waals surface area (Å²) < 4.78 is 5.75. The van der Waals surface area contributed by atoms with Crippen molar-refractivity contribution in [2.24, 2.45) is 0 Å². The van der Waals surface area contributed by atoms with E-state index in [0.717, 1.165) is 23.6 Å². The highest BCUT2D eigenvalue weighted by Gasteiger charge is 2.13. The molecule has 24 heavy (non-hydrogen) atoms. The molecule has 0 bridgehead atoms. The Labute approximate surface area is 151 Å². The van der Waals surface area contributed by atoms with E-state index in [0.29, 0.717) is 11.7 Å². The van der Waals surface area contributed by atoms with E-state index in [1.165, 1.54) is 16.9 Å². The lowest BCUT2D eigenvalue weighted by Gasteiger charge is -2.19. The molecule has 7 heteroatoms. The van der Waals surface area contributed by atoms with Crippen LogP contribution in [0.4, 0.5) is 5.13 Å². The molecule has 130 valence electrons. The van der Waals surface area contributed by atoms with Crippen LogP contribution in [0.15, 0.2) is 24.3 Å². The van der Waals surface area contributed by atoms with E-state index in [-0.39, 0.29) is 17.2 Å². The van der Waals surface area contributed by atoms with Gasteiger partial charge in [-0.3, -0.25) is 10.1 Å². The van der Waals surface area contributed by atoms with Crippen molar-refractivity contribution >= 4 is 34.0 Å². The summed E-state index contributed by atoms with van der Waals surface area (Å²) in [6, 6.07) is 8.22. The monoisotopic (exact) mass is 367 g/mol. The zero-order chi connectivity index (χ0) is 17.6. The molecule has 0 spiro atoms. The van der Waals surface area contributed by atoms with Crippen molar-refractivity contribution in [1.29, 1.82) is 0 Å². The van der Waals surface area contributed by atoms with Crippen LogP contribution in [0, 0.1) is 0 Å². The van der Waals surface area contributed by atoms with Gasteiger partial charge in [-0.1, -0.05) is 44.2 Å². The lowest BCUT2D eigenvalue weighted by atomic mass is 9.87. The molecule has 1 amide bonds. The molecular weight excluding hydrogens is 346 g/mol. The number of nitrogens with zero attached hydrogens (tertiary/aromatic N) is 2. The summed E-state index contributed by atoms with van der Waals surface area (Å²) in [6.07, 6.45) is 1.59. The van der Waals surface area contributed by atoms with E-state index in [9.17, 15) is 4.79 Å². The highest BCUT2D eigenvalue weighted by atomic mass is 35.5. The van der Waals surface area contributed by atoms with Crippen molar-refractivity contribution < 1.29 is 9.53 Å². The molecule has 2 rings (SSSR count). The number of halogens is 1. The number of nitrogens with one attached hydrogen (secondary N) is 1. The second-order valence-electron chi connectivity index (χ2n) is 6.41. The number of alkyl halides is 1. The predicted octanol–water partition coefficient (Wildman–Crippen LogP) is 4.02. The van der Waals surface area contributed by atoms with E-state index in [2.05, 4.69) is 48.4 Å². The van der Waals surface area contributed by atoms with E-state index >= 15 is 0 Å². The van der Waals surface area contributed by atoms with Crippen molar-refractivity contribution in [3.05, 3.63) is 34.8 Å². The first kappa shape index (κ1) is 18.7. The molecule has 0 aliphatic rings. The second-order valence-corrected chi connectivity index (χ2v) is 7.74. The van der Waals surface area contributed by atoms with Crippen LogP contribution >= 0.6 is 22.9 Å². The lowest BCUT2D eigenvalue weighted by molar-refractivity contribution is -0.113. The van der Waals surface area contributed by atoms with Gasteiger partial charge in [0.05, 0.1) is 6.61 Å². The summed E-state index contributed by atoms with van der Waals surface area (Å²) in [7, 11) is 0. The Hall–Kier alpha value is -1.66. The van der Waals surface area contributed by atoms with Gasteiger partial charge in [0.2, 0.25) is 11.0 Å². The molecule has 0 atom stereocenters. The van der Waals surface area contributed by atoms with Crippen molar-refractivity contribution in [1.82, 2.24) is 10.2 Å². The van der Waals surface area contributed by atoms with Gasteiger partial charge in [0.1, 0.15) is 16.6 Å². The lowest BCUT2D eigenvalue weighted by Crippen LogP contribution is -2.12. The van der Waals surface area contributed by atoms with Crippen LogP contribution in [0.3, 0.4) is 0 Å². The Morgan fingerprint density at radius 3 is 2.58 bits per heavy atom. The summed E-state index contributed by atoms with van der Waals surface area (Å²) in [5, 5.41) is 11.9. The van der Waals surface area contributed by atoms with Crippen LogP contribution < -0.4 is 10.1 Å². The molecular formula is C17H22ClN3O2S. The number of rotatable bonds is 7. The standard InChI is InChI=1S/C17H22ClN3O2S/c1-17(2,3)12-6-8-13(9-7-12)23-10-4-5-15-20-21-16(24-15)19-14(22)11-18/h6-9H,4-5,10-11H2,1-3H3,(H,19,21,22). The van der Waals surface area contributed by atoms with Crippen molar-refractivity contribution in [2.75, 3.05) is 17.8 Å². The maximum Gasteiger partial charge on any atom is 0.241 e. The average molecular weight is 368 g/mol. The van der Waals surface area contributed by atoms with Gasteiger partial charge < -0.3 is 4.74 Å². The Kier molecular flexibility index (Phi) is 6.57. The summed E-state index contributed by atoms with van der Waals surface area (Å²) >= 11 is 6.79. The molecule has 0 aliphatic heterocycles. The van der Waals surface area contributed by atoms with Gasteiger partial charge in [0.25, 0.3) is 0 Å². The zero-order valence-corrected chi connectivity index (χ0v) is 15.7. The maximum atomic E-state index is 11.2. The SMILES string of the molecule is CC(C)(C)c1ccc(OCCCc2nnc(NC(=O)CCl)s2)cc1. The van der Waals surface area contributed by atoms with Gasteiger partial charge >= 0.3 is 0 Å². The van der Waals surface area contributed by atoms with Gasteiger partial charge in [0, 0.05) is 6.42 Å². The molecule has 0 saturated carbocycles. The van der Waals surface area contributed by atoms with Gasteiger partial charge in [-0.05, 0) is 29.5 Å². The number of ether oxygens (including phenoxy) is 1. The summed E-state index contributed by atoms with van der Waals surface area (Å²) in [6.45, 7) is 7.18. The van der Waals surface area contributed by atoms with Gasteiger partial charge in [-0.15, -0.1) is 21.8 Å². The number of aromatic nitrogens is 2. The Bertz CT molecular complexity index is 665. The number of carbonyl (C=O) groups excluding carboxylic acids is 1. The quantitative estimate of drug-likeness (QED) is 0.592. The molecule has 0 radical (unpaired) electrons. The summed E-state index contributed by atoms with van der Waals surface area (Å²) in [5.74, 6) is 0.508. The maximum absolute atomic E-state index is 11.2. The van der Waals surface area contributed by atoms with Crippen LogP contribution in [0.25, 0.3) is 0 Å². The van der Waals surface area contributed by atoms with Crippen molar-refractivity contribution in [3.8, 4) is 5.75 Å². The first-order chi connectivity index (χ1) is 11.4. The van der Waals surface area contributed by atoms with Gasteiger partial charge in [-0.2, -0.15) is 0 Å². The molecule has 1 aromatic carbocycles. The van der Waals surface area contributed by atoms with E-state index in [1.54, 1.807) is 0 Å². The molecule has 0 saturated heterocycles. The normalized spacial score (nSPS) is 11.3. The number of hydrogen-bond acceptors (Lipinski definition) is 5. The van der Waals surface area contributed by atoms with Crippen molar-refractivity contribution in [2.45, 2.75) is 39.0 Å². The minimum absolute atomic E-state index is 0.0866. The molecule has 1 heterocycles. The first-order valence-electron chi connectivity index (χ1n) is 7.80. The Morgan fingerprint density at radius 2 is 1.96 bits per heavy atom. The Morgan fingerprint density at radius 1 is 1.25 bits per heavy atom. The number of hydrogen-bond donors (Lipinski definition) is 1. The molecule has 2 aromatic rings. The van der Waals surface area contributed by atoms with E-state index < -0.39 is 0 Å². The minimum Gasteiger partial charge on any atom is -0.494 e. The highest BCUT2D eigenvalue weighted by molar-refractivity contribution is 7.15. The third kappa shape index (κ3) is 5.76. The highest BCUT2D eigenvalue weighted by Crippen LogP contribution is 2.24. The smallest absolute Gasteiger partial charge is 0.241 e. The zero-order valence-electron chi connectivity index (χ0n) is 14.1. The second kappa shape index (κ2) is 8.44. The number of carbonyl (C=O) groups is 1. The van der Waals surface area contributed by atoms with Crippen LogP contribution in [-0.2, 0) is 16.6 Å². The topological polar surface area (TPSA) is 64.1 Å². The minimum atomic E-state index is -0.276. The fourth-order valence-electron chi connectivity index (χ4n) is 2.02. The Balaban J connectivity index is 1.74. The fraction of sp³-hybridized carbons (Fsp3) is 0.471. The fourth-order valence-corrected chi connectivity index (χ4v) is 2.89. The third-order valence-electron chi connectivity index (χ3n) is 3.36. The summed E-state index contributed by atoms with van der Waals surface area (Å²) in [4.78, 5) is 11.2. The largest absolute Gasteiger partial charge is 0.494 e. The van der Waals surface area contributed by atoms with Crippen LogP contribution in [0.1, 0.15) is 37.8 Å². The van der Waals surface area contributed by atoms with Crippen LogP contribution in [0.5, 0.6) is 5.75 Å². The van der Waals surface area contributed by atoms with Gasteiger partial charge in [0.15, 0.2) is 0 Å². The third-order valence-corrected chi connectivity index (χ3v) is 4.50. The molecule has 0 aliphatic carbocycles. The van der Waals surface area contributed by atoms with E-state index in [4.69, 9.17) is 16.3 Å². The number of benzene rings is 1. The first-order valence-corrected chi connectivity index (χ1v) is 9.15. The molecule has 0 unspecified atom stereocenters. The molecule has 1 N–H and O–H groups in total. The average Bonchev–Trinajstić information content (AvgIpc) is 2.98. The van der Waals surface area contributed by atoms with Crippen molar-refractivity contribution in [3.63, 3.8) is 0 Å². The van der Waals surface area contributed by atoms with Gasteiger partial charge in [-0.25, -0.2) is 0 Å². The predicted molar refractivity (Wildman–Crippen MR) is 98.2 cm³/mol. The van der Waals surface area contributed by atoms with Crippen LogP contribution in [0.2, 0.25) is 0 Å². The number of anilines is 1. The number of amides is 1. The summed E-state index contributed by atoms with van der Waals surface area (Å²) in [5.41, 5.74) is 1.43. The molecule has 5 nitrogen and oxygen atoms in total. The molecule has 0 fully saturated rings. The number of aryl methyl sites for hydroxylation is 1. The molecule has 1 aromatic heterocycles. The van der Waals surface area contributed by atoms with E-state index in [1.807, 2.05) is 12.1 Å².